The van der Waals surface area contributed by atoms with Gasteiger partial charge in [-0.1, -0.05) is 23.7 Å². The first kappa shape index (κ1) is 13.8. The first-order valence-corrected chi connectivity index (χ1v) is 8.23. The molecule has 4 nitrogen and oxygen atoms in total. The lowest BCUT2D eigenvalue weighted by Crippen LogP contribution is -2.35. The number of hydrogen-bond donors (Lipinski definition) is 0. The predicted octanol–water partition coefficient (Wildman–Crippen LogP) is 3.82. The summed E-state index contributed by atoms with van der Waals surface area (Å²) in [5.41, 5.74) is 1.45. The van der Waals surface area contributed by atoms with Crippen molar-refractivity contribution in [2.24, 2.45) is 0 Å². The number of nitrogens with zero attached hydrogens (tertiary/aromatic N) is 1. The number of carbonyl (C=O) groups is 1. The Hall–Kier alpha value is -1.85. The van der Waals surface area contributed by atoms with E-state index in [1.165, 1.54) is 0 Å². The van der Waals surface area contributed by atoms with E-state index in [0.717, 1.165) is 16.3 Å². The summed E-state index contributed by atoms with van der Waals surface area (Å²) in [6, 6.07) is 11.3. The number of halogens is 1. The smallest absolute Gasteiger partial charge is 0.258 e. The Labute approximate surface area is 137 Å². The summed E-state index contributed by atoms with van der Waals surface area (Å²) in [7, 11) is 0. The van der Waals surface area contributed by atoms with Crippen molar-refractivity contribution in [1.29, 1.82) is 0 Å². The van der Waals surface area contributed by atoms with Crippen molar-refractivity contribution in [2.45, 2.75) is 4.90 Å². The predicted molar refractivity (Wildman–Crippen MR) is 86.4 cm³/mol. The van der Waals surface area contributed by atoms with E-state index in [9.17, 15) is 4.79 Å². The van der Waals surface area contributed by atoms with Crippen LogP contribution in [0.25, 0.3) is 0 Å². The maximum atomic E-state index is 12.9. The highest BCUT2D eigenvalue weighted by molar-refractivity contribution is 7.99. The van der Waals surface area contributed by atoms with Crippen LogP contribution in [-0.2, 0) is 0 Å². The van der Waals surface area contributed by atoms with E-state index >= 15 is 0 Å². The Morgan fingerprint density at radius 3 is 3.00 bits per heavy atom. The summed E-state index contributed by atoms with van der Waals surface area (Å²) in [6.45, 7) is 0.808. The van der Waals surface area contributed by atoms with Gasteiger partial charge in [-0.3, -0.25) is 4.79 Å². The minimum atomic E-state index is -0.0760. The van der Waals surface area contributed by atoms with Gasteiger partial charge in [0.1, 0.15) is 0 Å². The summed E-state index contributed by atoms with van der Waals surface area (Å²) in [5.74, 6) is 1.83. The molecule has 112 valence electrons. The van der Waals surface area contributed by atoms with Crippen LogP contribution >= 0.6 is 23.4 Å². The first-order valence-electron chi connectivity index (χ1n) is 6.87. The number of fused-ring (bicyclic) bond motifs is 2. The molecule has 2 aliphatic rings. The molecule has 2 aromatic rings. The normalized spacial score (nSPS) is 15.6. The second-order valence-corrected chi connectivity index (χ2v) is 6.51. The number of para-hydroxylation sites is 1. The number of rotatable bonds is 1. The number of hydrogen-bond acceptors (Lipinski definition) is 4. The van der Waals surface area contributed by atoms with Gasteiger partial charge in [-0.15, -0.1) is 11.8 Å². The van der Waals surface area contributed by atoms with Crippen molar-refractivity contribution < 1.29 is 14.3 Å². The molecule has 2 heterocycles. The first-order chi connectivity index (χ1) is 10.7. The molecule has 0 fully saturated rings. The molecule has 0 saturated carbocycles. The van der Waals surface area contributed by atoms with E-state index in [0.29, 0.717) is 28.6 Å². The number of carbonyl (C=O) groups excluding carboxylic acids is 1. The molecule has 2 aliphatic heterocycles. The third-order valence-electron chi connectivity index (χ3n) is 3.65. The number of ether oxygens (including phenoxy) is 2. The van der Waals surface area contributed by atoms with Crippen LogP contribution in [0.15, 0.2) is 41.3 Å². The van der Waals surface area contributed by atoms with Crippen LogP contribution in [0.3, 0.4) is 0 Å². The van der Waals surface area contributed by atoms with E-state index in [1.807, 2.05) is 24.3 Å². The van der Waals surface area contributed by atoms with Crippen LogP contribution < -0.4 is 14.4 Å². The fraction of sp³-hybridized carbons (Fsp3) is 0.188. The van der Waals surface area contributed by atoms with Crippen molar-refractivity contribution in [3.8, 4) is 11.5 Å². The quantitative estimate of drug-likeness (QED) is 0.795. The van der Waals surface area contributed by atoms with Crippen LogP contribution in [0, 0.1) is 0 Å². The third kappa shape index (κ3) is 2.21. The van der Waals surface area contributed by atoms with E-state index in [4.69, 9.17) is 21.1 Å². The Morgan fingerprint density at radius 1 is 1.23 bits per heavy atom. The third-order valence-corrected chi connectivity index (χ3v) is 4.97. The van der Waals surface area contributed by atoms with Gasteiger partial charge in [0, 0.05) is 22.8 Å². The maximum Gasteiger partial charge on any atom is 0.258 e. The molecule has 4 rings (SSSR count). The Kier molecular flexibility index (Phi) is 3.39. The minimum Gasteiger partial charge on any atom is -0.454 e. The molecule has 22 heavy (non-hydrogen) atoms. The molecule has 0 unspecified atom stereocenters. The van der Waals surface area contributed by atoms with Gasteiger partial charge >= 0.3 is 0 Å². The Morgan fingerprint density at radius 2 is 2.09 bits per heavy atom. The second kappa shape index (κ2) is 5.41. The van der Waals surface area contributed by atoms with Gasteiger partial charge in [0.2, 0.25) is 6.79 Å². The van der Waals surface area contributed by atoms with Gasteiger partial charge in [0.15, 0.2) is 11.5 Å². The molecule has 0 atom stereocenters. The van der Waals surface area contributed by atoms with E-state index in [-0.39, 0.29) is 12.7 Å². The Balaban J connectivity index is 1.73. The van der Waals surface area contributed by atoms with Gasteiger partial charge < -0.3 is 14.4 Å². The lowest BCUT2D eigenvalue weighted by molar-refractivity contribution is 0.0987. The molecule has 0 aliphatic carbocycles. The van der Waals surface area contributed by atoms with Gasteiger partial charge in [-0.2, -0.15) is 0 Å². The van der Waals surface area contributed by atoms with Crippen molar-refractivity contribution in [1.82, 2.24) is 0 Å². The Bertz CT molecular complexity index is 765. The fourth-order valence-electron chi connectivity index (χ4n) is 2.63. The number of thioether (sulfide) groups is 1. The van der Waals surface area contributed by atoms with Gasteiger partial charge in [0.25, 0.3) is 5.91 Å². The van der Waals surface area contributed by atoms with Crippen LogP contribution in [0.2, 0.25) is 5.02 Å². The number of amides is 1. The average Bonchev–Trinajstić information content (AvgIpc) is 3.03. The topological polar surface area (TPSA) is 38.8 Å². The zero-order valence-electron chi connectivity index (χ0n) is 11.5. The molecule has 0 bridgehead atoms. The van der Waals surface area contributed by atoms with Gasteiger partial charge in [-0.25, -0.2) is 0 Å². The van der Waals surface area contributed by atoms with Crippen LogP contribution in [0.1, 0.15) is 10.4 Å². The molecule has 1 amide bonds. The fourth-order valence-corrected chi connectivity index (χ4v) is 3.89. The molecule has 6 heteroatoms. The zero-order valence-corrected chi connectivity index (χ0v) is 13.1. The highest BCUT2D eigenvalue weighted by Gasteiger charge is 2.27. The zero-order chi connectivity index (χ0) is 15.1. The van der Waals surface area contributed by atoms with Gasteiger partial charge in [0.05, 0.1) is 10.7 Å². The summed E-state index contributed by atoms with van der Waals surface area (Å²) in [6.07, 6.45) is 0. The average molecular weight is 334 g/mol. The van der Waals surface area contributed by atoms with Crippen molar-refractivity contribution in [2.75, 3.05) is 24.0 Å². The van der Waals surface area contributed by atoms with Crippen molar-refractivity contribution in [3.05, 3.63) is 47.0 Å². The molecule has 0 aromatic heterocycles. The van der Waals surface area contributed by atoms with Crippen LogP contribution in [-0.4, -0.2) is 25.0 Å². The van der Waals surface area contributed by atoms with Crippen molar-refractivity contribution >= 4 is 35.0 Å². The summed E-state index contributed by atoms with van der Waals surface area (Å²) in [5, 5.41) is 0.401. The molecule has 0 radical (unpaired) electrons. The lowest BCUT2D eigenvalue weighted by atomic mass is 10.1. The second-order valence-electron chi connectivity index (χ2n) is 4.96. The lowest BCUT2D eigenvalue weighted by Gasteiger charge is -2.29. The highest BCUT2D eigenvalue weighted by Crippen LogP contribution is 2.41. The van der Waals surface area contributed by atoms with Crippen LogP contribution in [0.4, 0.5) is 5.69 Å². The molecular formula is C16H12ClNO3S. The highest BCUT2D eigenvalue weighted by atomic mass is 35.5. The molecule has 0 N–H and O–H groups in total. The summed E-state index contributed by atoms with van der Waals surface area (Å²) >= 11 is 7.94. The molecule has 0 spiro atoms. The maximum absolute atomic E-state index is 12.9. The number of anilines is 1. The summed E-state index contributed by atoms with van der Waals surface area (Å²) < 4.78 is 10.6. The largest absolute Gasteiger partial charge is 0.454 e. The van der Waals surface area contributed by atoms with Crippen LogP contribution in [0.5, 0.6) is 11.5 Å². The molecule has 2 aromatic carbocycles. The SMILES string of the molecule is O=C(c1cc(Cl)c2c(c1)OCO2)N1CCSc2ccccc21. The molecular weight excluding hydrogens is 322 g/mol. The minimum absolute atomic E-state index is 0.0760. The standard InChI is InChI=1S/C16H12ClNO3S/c17-11-7-10(8-13-15(11)21-9-20-13)16(19)18-5-6-22-14-4-2-1-3-12(14)18/h1-4,7-8H,5-6,9H2. The van der Waals surface area contributed by atoms with Gasteiger partial charge in [-0.05, 0) is 24.3 Å². The summed E-state index contributed by atoms with van der Waals surface area (Å²) in [4.78, 5) is 15.8. The van der Waals surface area contributed by atoms with E-state index in [2.05, 4.69) is 0 Å². The molecule has 0 saturated heterocycles. The van der Waals surface area contributed by atoms with E-state index < -0.39 is 0 Å². The number of benzene rings is 2. The monoisotopic (exact) mass is 333 g/mol. The van der Waals surface area contributed by atoms with E-state index in [1.54, 1.807) is 28.8 Å². The van der Waals surface area contributed by atoms with Crippen molar-refractivity contribution in [3.63, 3.8) is 0 Å².